The Hall–Kier alpha value is -3.39. The number of thiol groups is 1. The van der Waals surface area contributed by atoms with Crippen molar-refractivity contribution < 1.29 is 4.21 Å². The van der Waals surface area contributed by atoms with Crippen LogP contribution in [0.5, 0.6) is 0 Å². The fourth-order valence-corrected chi connectivity index (χ4v) is 5.00. The summed E-state index contributed by atoms with van der Waals surface area (Å²) < 4.78 is 13.8. The minimum Gasteiger partial charge on any atom is -0.321 e. The summed E-state index contributed by atoms with van der Waals surface area (Å²) >= 11 is 0. The minimum atomic E-state index is -1.93. The second-order valence-electron chi connectivity index (χ2n) is 8.41. The summed E-state index contributed by atoms with van der Waals surface area (Å²) in [5.41, 5.74) is 12.1. The Bertz CT molecular complexity index is 1520. The molecule has 5 aromatic rings. The van der Waals surface area contributed by atoms with E-state index in [9.17, 15) is 4.21 Å². The molecule has 0 amide bonds. The maximum Gasteiger partial charge on any atom is 0.182 e. The van der Waals surface area contributed by atoms with Gasteiger partial charge in [0.25, 0.3) is 0 Å². The van der Waals surface area contributed by atoms with Gasteiger partial charge in [-0.1, -0.05) is 46.7 Å². The van der Waals surface area contributed by atoms with Gasteiger partial charge in [-0.05, 0) is 53.1 Å². The van der Waals surface area contributed by atoms with Gasteiger partial charge in [0.1, 0.15) is 0 Å². The van der Waals surface area contributed by atoms with Crippen LogP contribution in [0, 0.1) is 0 Å². The van der Waals surface area contributed by atoms with E-state index in [0.717, 1.165) is 51.5 Å². The summed E-state index contributed by atoms with van der Waals surface area (Å²) in [4.78, 5) is 5.39. The third-order valence-electron chi connectivity index (χ3n) is 6.37. The van der Waals surface area contributed by atoms with Crippen molar-refractivity contribution >= 4 is 27.4 Å². The van der Waals surface area contributed by atoms with Gasteiger partial charge in [0.15, 0.2) is 21.5 Å². The van der Waals surface area contributed by atoms with E-state index in [1.807, 2.05) is 55.0 Å². The molecular weight excluding hydrogens is 418 g/mol. The Labute approximate surface area is 187 Å². The molecule has 6 rings (SSSR count). The van der Waals surface area contributed by atoms with Crippen LogP contribution < -0.4 is 10.9 Å². The van der Waals surface area contributed by atoms with E-state index >= 15 is 0 Å². The number of nitrogens with two attached hydrogens (primary N) is 2. The number of hydrogen-bond acceptors (Lipinski definition) is 4. The lowest BCUT2D eigenvalue weighted by Gasteiger charge is -2.10. The third kappa shape index (κ3) is 3.05. The Morgan fingerprint density at radius 3 is 2.34 bits per heavy atom. The van der Waals surface area contributed by atoms with E-state index in [1.165, 1.54) is 5.56 Å². The molecule has 6 nitrogen and oxygen atoms in total. The number of rotatable bonds is 4. The van der Waals surface area contributed by atoms with Crippen LogP contribution in [-0.2, 0) is 20.7 Å². The third-order valence-corrected chi connectivity index (χ3v) is 7.23. The van der Waals surface area contributed by atoms with Crippen LogP contribution in [0.25, 0.3) is 38.7 Å². The molecule has 0 saturated heterocycles. The van der Waals surface area contributed by atoms with Crippen LogP contribution in [0.4, 0.5) is 0 Å². The lowest BCUT2D eigenvalue weighted by molar-refractivity contribution is 0.597. The molecule has 0 spiro atoms. The molecule has 0 aliphatic heterocycles. The van der Waals surface area contributed by atoms with Crippen LogP contribution in [0.2, 0.25) is 0 Å². The van der Waals surface area contributed by atoms with Gasteiger partial charge < -0.3 is 5.73 Å². The number of aromatic nitrogens is 3. The first-order valence-electron chi connectivity index (χ1n) is 10.5. The molecule has 158 valence electrons. The SMILES string of the molecule is N[SH+](=O)c1ccc(-c2cnn3cc(-c4ccc(C5(N)CC5)cc4)cnc23)c2ccccc12. The van der Waals surface area contributed by atoms with Gasteiger partial charge in [0.2, 0.25) is 0 Å². The van der Waals surface area contributed by atoms with Crippen molar-refractivity contribution in [2.24, 2.45) is 10.9 Å². The smallest absolute Gasteiger partial charge is 0.182 e. The average Bonchev–Trinajstić information content (AvgIpc) is 3.44. The van der Waals surface area contributed by atoms with Crippen LogP contribution in [0.3, 0.4) is 0 Å². The largest absolute Gasteiger partial charge is 0.321 e. The molecule has 1 fully saturated rings. The predicted molar refractivity (Wildman–Crippen MR) is 128 cm³/mol. The fourth-order valence-electron chi connectivity index (χ4n) is 4.34. The molecule has 1 atom stereocenters. The average molecular weight is 441 g/mol. The van der Waals surface area contributed by atoms with Gasteiger partial charge in [-0.3, -0.25) is 0 Å². The van der Waals surface area contributed by atoms with Crippen molar-refractivity contribution in [1.82, 2.24) is 14.6 Å². The molecule has 0 radical (unpaired) electrons. The van der Waals surface area contributed by atoms with Gasteiger partial charge in [0.05, 0.1) is 6.20 Å². The van der Waals surface area contributed by atoms with E-state index in [4.69, 9.17) is 15.9 Å². The molecular formula is C25H22N5OS+. The molecule has 1 aliphatic carbocycles. The molecule has 2 aromatic heterocycles. The zero-order valence-electron chi connectivity index (χ0n) is 17.3. The maximum atomic E-state index is 12.0. The number of nitrogens with zero attached hydrogens (tertiary/aromatic N) is 3. The van der Waals surface area contributed by atoms with Crippen molar-refractivity contribution in [3.63, 3.8) is 0 Å². The highest BCUT2D eigenvalue weighted by Gasteiger charge is 2.39. The first-order valence-corrected chi connectivity index (χ1v) is 11.8. The lowest BCUT2D eigenvalue weighted by atomic mass is 10.00. The van der Waals surface area contributed by atoms with Gasteiger partial charge >= 0.3 is 0 Å². The van der Waals surface area contributed by atoms with Gasteiger partial charge in [-0.2, -0.15) is 5.10 Å². The molecule has 3 aromatic carbocycles. The topological polar surface area (TPSA) is 99.3 Å². The van der Waals surface area contributed by atoms with Crippen LogP contribution in [0.1, 0.15) is 18.4 Å². The van der Waals surface area contributed by atoms with Gasteiger partial charge in [-0.25, -0.2) is 9.50 Å². The standard InChI is InChI=1S/C25H21N5OS/c26-25(11-12-25)18-7-5-16(6-8-18)17-13-28-24-22(14-29-30(24)15-17)20-9-10-23(32(27)31)21-4-2-1-3-19(20)21/h1-10,13-15H,11-12,26H2,(H2,27,31)/p+1. The Morgan fingerprint density at radius 1 is 0.875 bits per heavy atom. The number of fused-ring (bicyclic) bond motifs is 2. The van der Waals surface area contributed by atoms with E-state index < -0.39 is 11.0 Å². The maximum absolute atomic E-state index is 12.0. The van der Waals surface area contributed by atoms with Crippen LogP contribution in [-0.4, -0.2) is 14.6 Å². The highest BCUT2D eigenvalue weighted by atomic mass is 32.2. The Kier molecular flexibility index (Phi) is 4.26. The molecule has 1 unspecified atom stereocenters. The second-order valence-corrected chi connectivity index (χ2v) is 9.54. The monoisotopic (exact) mass is 440 g/mol. The zero-order chi connectivity index (χ0) is 21.9. The Balaban J connectivity index is 1.43. The molecule has 4 N–H and O–H groups in total. The van der Waals surface area contributed by atoms with E-state index in [1.54, 1.807) is 4.52 Å². The first kappa shape index (κ1) is 19.3. The second kappa shape index (κ2) is 7.06. The van der Waals surface area contributed by atoms with Gasteiger partial charge in [0, 0.05) is 34.4 Å². The summed E-state index contributed by atoms with van der Waals surface area (Å²) in [6.07, 6.45) is 7.78. The van der Waals surface area contributed by atoms with E-state index in [-0.39, 0.29) is 5.54 Å². The van der Waals surface area contributed by atoms with Crippen molar-refractivity contribution in [3.05, 3.63) is 84.8 Å². The normalized spacial score (nSPS) is 15.8. The highest BCUT2D eigenvalue weighted by Crippen LogP contribution is 2.43. The molecule has 0 bridgehead atoms. The van der Waals surface area contributed by atoms with Crippen molar-refractivity contribution in [1.29, 1.82) is 0 Å². The molecule has 1 aliphatic rings. The molecule has 1 saturated carbocycles. The Morgan fingerprint density at radius 2 is 1.62 bits per heavy atom. The number of benzene rings is 3. The molecule has 32 heavy (non-hydrogen) atoms. The molecule has 2 heterocycles. The lowest BCUT2D eigenvalue weighted by Crippen LogP contribution is -2.18. The molecule has 7 heteroatoms. The first-order chi connectivity index (χ1) is 15.5. The minimum absolute atomic E-state index is 0.132. The summed E-state index contributed by atoms with van der Waals surface area (Å²) in [6, 6.07) is 20.0. The van der Waals surface area contributed by atoms with Crippen LogP contribution >= 0.6 is 0 Å². The number of hydrogen-bond donors (Lipinski definition) is 2. The summed E-state index contributed by atoms with van der Waals surface area (Å²) in [5, 5.41) is 12.1. The van der Waals surface area contributed by atoms with Crippen LogP contribution in [0.15, 0.2) is 84.1 Å². The summed E-state index contributed by atoms with van der Waals surface area (Å²) in [7, 11) is -1.93. The van der Waals surface area contributed by atoms with Crippen molar-refractivity contribution in [2.45, 2.75) is 23.3 Å². The quantitative estimate of drug-likeness (QED) is 0.325. The summed E-state index contributed by atoms with van der Waals surface area (Å²) in [5.74, 6) is 0. The summed E-state index contributed by atoms with van der Waals surface area (Å²) in [6.45, 7) is 0. The van der Waals surface area contributed by atoms with Crippen molar-refractivity contribution in [3.8, 4) is 22.3 Å². The fraction of sp³-hybridized carbons (Fsp3) is 0.120. The van der Waals surface area contributed by atoms with E-state index in [0.29, 0.717) is 4.90 Å². The highest BCUT2D eigenvalue weighted by molar-refractivity contribution is 7.82. The van der Waals surface area contributed by atoms with Gasteiger partial charge in [-0.15, -0.1) is 5.14 Å². The predicted octanol–water partition coefficient (Wildman–Crippen LogP) is 4.09. The van der Waals surface area contributed by atoms with Crippen molar-refractivity contribution in [2.75, 3.05) is 0 Å². The van der Waals surface area contributed by atoms with E-state index in [2.05, 4.69) is 29.4 Å². The zero-order valence-corrected chi connectivity index (χ0v) is 18.2.